The lowest BCUT2D eigenvalue weighted by Gasteiger charge is -2.52. The average Bonchev–Trinajstić information content (AvgIpc) is 2.57. The molecular weight excluding hydrogens is 346 g/mol. The monoisotopic (exact) mass is 381 g/mol. The Balaban J connectivity index is 3.31. The number of benzene rings is 1. The Kier molecular flexibility index (Phi) is 7.84. The van der Waals surface area contributed by atoms with Crippen LogP contribution in [0.5, 0.6) is 5.75 Å². The molecule has 0 radical (unpaired) electrons. The van der Waals surface area contributed by atoms with Gasteiger partial charge in [0.05, 0.1) is 20.3 Å². The third-order valence-corrected chi connectivity index (χ3v) is 4.47. The smallest absolute Gasteiger partial charge is 0.277 e. The van der Waals surface area contributed by atoms with Crippen molar-refractivity contribution >= 4 is 5.91 Å². The van der Waals surface area contributed by atoms with E-state index in [9.17, 15) is 4.79 Å². The molecule has 0 aliphatic rings. The van der Waals surface area contributed by atoms with Crippen LogP contribution in [0.1, 0.15) is 51.9 Å². The topological polar surface area (TPSA) is 57.2 Å². The van der Waals surface area contributed by atoms with Gasteiger partial charge >= 0.3 is 0 Å². The van der Waals surface area contributed by atoms with Crippen LogP contribution in [0.15, 0.2) is 24.3 Å². The largest absolute Gasteiger partial charge is 0.461 e. The molecule has 0 heterocycles. The molecule has 154 valence electrons. The number of carbonyl (C=O) groups excluding carboxylic acids is 1. The second-order valence-corrected chi connectivity index (χ2v) is 8.57. The molecule has 0 saturated heterocycles. The zero-order valence-electron chi connectivity index (χ0n) is 18.2. The lowest BCUT2D eigenvalue weighted by atomic mass is 9.70. The van der Waals surface area contributed by atoms with Gasteiger partial charge in [-0.05, 0) is 18.2 Å². The number of hydroxylamine groups is 2. The molecule has 0 aliphatic heterocycles. The van der Waals surface area contributed by atoms with Crippen LogP contribution in [0.25, 0.3) is 0 Å². The standard InChI is InChI=1S/C21H35NO5/c1-19(2,3)21(20(4,5)6,26-14-13-24-8)27-17-12-10-11-16(15-17)18(23)22(7)25-9/h10-12,15H,13-14H2,1-9H3. The molecule has 0 aromatic heterocycles. The number of methoxy groups -OCH3 is 1. The Hall–Kier alpha value is -1.63. The van der Waals surface area contributed by atoms with E-state index in [2.05, 4.69) is 41.5 Å². The Labute approximate surface area is 163 Å². The van der Waals surface area contributed by atoms with E-state index in [1.54, 1.807) is 32.4 Å². The van der Waals surface area contributed by atoms with Gasteiger partial charge in [-0.15, -0.1) is 0 Å². The normalized spacial score (nSPS) is 12.8. The molecule has 0 fully saturated rings. The molecule has 0 atom stereocenters. The summed E-state index contributed by atoms with van der Waals surface area (Å²) in [5.41, 5.74) is -0.213. The number of hydrogen-bond donors (Lipinski definition) is 0. The highest BCUT2D eigenvalue weighted by atomic mass is 16.7. The fourth-order valence-electron chi connectivity index (χ4n) is 3.29. The first kappa shape index (κ1) is 23.4. The molecule has 0 spiro atoms. The first-order valence-electron chi connectivity index (χ1n) is 9.14. The molecule has 1 aromatic rings. The SMILES string of the molecule is COCCOC(Oc1cccc(C(=O)N(C)OC)c1)(C(C)(C)C)C(C)(C)C. The van der Waals surface area contributed by atoms with E-state index >= 15 is 0 Å². The lowest BCUT2D eigenvalue weighted by Crippen LogP contribution is -2.60. The Morgan fingerprint density at radius 3 is 2.07 bits per heavy atom. The van der Waals surface area contributed by atoms with Gasteiger partial charge in [-0.25, -0.2) is 5.06 Å². The molecule has 1 rings (SSSR count). The van der Waals surface area contributed by atoms with E-state index < -0.39 is 5.79 Å². The second-order valence-electron chi connectivity index (χ2n) is 8.57. The summed E-state index contributed by atoms with van der Waals surface area (Å²) < 4.78 is 18.0. The van der Waals surface area contributed by atoms with Crippen molar-refractivity contribution in [1.29, 1.82) is 0 Å². The fraction of sp³-hybridized carbons (Fsp3) is 0.667. The van der Waals surface area contributed by atoms with Gasteiger partial charge in [-0.2, -0.15) is 0 Å². The average molecular weight is 382 g/mol. The maximum Gasteiger partial charge on any atom is 0.277 e. The van der Waals surface area contributed by atoms with Crippen LogP contribution in [0.2, 0.25) is 0 Å². The van der Waals surface area contributed by atoms with Crippen molar-refractivity contribution in [3.05, 3.63) is 29.8 Å². The van der Waals surface area contributed by atoms with Crippen molar-refractivity contribution in [3.63, 3.8) is 0 Å². The summed E-state index contributed by atoms with van der Waals surface area (Å²) in [5.74, 6) is -0.624. The maximum atomic E-state index is 12.4. The number of rotatable bonds is 8. The molecule has 1 amide bonds. The number of ether oxygens (including phenoxy) is 3. The van der Waals surface area contributed by atoms with Crippen LogP contribution in [-0.4, -0.2) is 51.2 Å². The van der Waals surface area contributed by atoms with Gasteiger partial charge in [0.2, 0.25) is 5.79 Å². The van der Waals surface area contributed by atoms with Crippen molar-refractivity contribution in [2.75, 3.05) is 34.5 Å². The minimum Gasteiger partial charge on any atom is -0.461 e. The molecule has 0 aliphatic carbocycles. The van der Waals surface area contributed by atoms with Gasteiger partial charge in [0.15, 0.2) is 0 Å². The van der Waals surface area contributed by atoms with Gasteiger partial charge in [0, 0.05) is 30.6 Å². The predicted molar refractivity (Wildman–Crippen MR) is 106 cm³/mol. The zero-order chi connectivity index (χ0) is 20.9. The van der Waals surface area contributed by atoms with E-state index in [1.807, 2.05) is 6.07 Å². The van der Waals surface area contributed by atoms with Crippen molar-refractivity contribution in [1.82, 2.24) is 5.06 Å². The first-order valence-corrected chi connectivity index (χ1v) is 9.14. The Bertz CT molecular complexity index is 602. The Morgan fingerprint density at radius 1 is 1.00 bits per heavy atom. The number of carbonyl (C=O) groups is 1. The molecular formula is C21H35NO5. The van der Waals surface area contributed by atoms with Gasteiger partial charge < -0.3 is 14.2 Å². The number of nitrogens with zero attached hydrogens (tertiary/aromatic N) is 1. The summed E-state index contributed by atoms with van der Waals surface area (Å²) in [6.45, 7) is 13.4. The van der Waals surface area contributed by atoms with Gasteiger partial charge in [0.1, 0.15) is 5.75 Å². The highest BCUT2D eigenvalue weighted by Gasteiger charge is 2.54. The van der Waals surface area contributed by atoms with Gasteiger partial charge in [-0.1, -0.05) is 47.6 Å². The van der Waals surface area contributed by atoms with E-state index in [0.29, 0.717) is 24.5 Å². The van der Waals surface area contributed by atoms with Crippen LogP contribution in [0.3, 0.4) is 0 Å². The summed E-state index contributed by atoms with van der Waals surface area (Å²) in [7, 11) is 4.66. The highest BCUT2D eigenvalue weighted by Crippen LogP contribution is 2.48. The third-order valence-electron chi connectivity index (χ3n) is 4.47. The molecule has 1 aromatic carbocycles. The number of hydrogen-bond acceptors (Lipinski definition) is 5. The third kappa shape index (κ3) is 5.43. The summed E-state index contributed by atoms with van der Waals surface area (Å²) in [6, 6.07) is 7.06. The van der Waals surface area contributed by atoms with Crippen molar-refractivity contribution < 1.29 is 23.8 Å². The van der Waals surface area contributed by atoms with Crippen LogP contribution in [0, 0.1) is 10.8 Å². The second kappa shape index (κ2) is 9.04. The molecule has 27 heavy (non-hydrogen) atoms. The van der Waals surface area contributed by atoms with Crippen molar-refractivity contribution in [3.8, 4) is 5.75 Å². The van der Waals surface area contributed by atoms with Crippen molar-refractivity contribution in [2.24, 2.45) is 10.8 Å². The van der Waals surface area contributed by atoms with E-state index in [0.717, 1.165) is 0 Å². The first-order chi connectivity index (χ1) is 12.4. The van der Waals surface area contributed by atoms with E-state index in [1.165, 1.54) is 12.2 Å². The molecule has 0 saturated carbocycles. The van der Waals surface area contributed by atoms with Crippen LogP contribution < -0.4 is 4.74 Å². The predicted octanol–water partition coefficient (Wildman–Crippen LogP) is 4.15. The van der Waals surface area contributed by atoms with E-state index in [-0.39, 0.29) is 16.7 Å². The molecule has 0 N–H and O–H groups in total. The fourth-order valence-corrected chi connectivity index (χ4v) is 3.29. The minimum atomic E-state index is -0.937. The molecule has 6 heteroatoms. The molecule has 0 bridgehead atoms. The lowest BCUT2D eigenvalue weighted by molar-refractivity contribution is -0.298. The quantitative estimate of drug-likeness (QED) is 0.385. The zero-order valence-corrected chi connectivity index (χ0v) is 18.2. The maximum absolute atomic E-state index is 12.4. The van der Waals surface area contributed by atoms with E-state index in [4.69, 9.17) is 19.0 Å². The van der Waals surface area contributed by atoms with Crippen LogP contribution >= 0.6 is 0 Å². The van der Waals surface area contributed by atoms with Crippen molar-refractivity contribution in [2.45, 2.75) is 47.3 Å². The summed E-state index contributed by atoms with van der Waals surface area (Å²) in [4.78, 5) is 17.4. The summed E-state index contributed by atoms with van der Waals surface area (Å²) in [5, 5.41) is 1.18. The highest BCUT2D eigenvalue weighted by molar-refractivity contribution is 5.93. The molecule has 0 unspecified atom stereocenters. The van der Waals surface area contributed by atoms with Crippen LogP contribution in [-0.2, 0) is 14.3 Å². The minimum absolute atomic E-state index is 0.250. The summed E-state index contributed by atoms with van der Waals surface area (Å²) >= 11 is 0. The van der Waals surface area contributed by atoms with Gasteiger partial charge in [0.25, 0.3) is 5.91 Å². The molecule has 6 nitrogen and oxygen atoms in total. The van der Waals surface area contributed by atoms with Gasteiger partial charge in [-0.3, -0.25) is 9.63 Å². The number of amides is 1. The Morgan fingerprint density at radius 2 is 1.59 bits per heavy atom. The van der Waals surface area contributed by atoms with Crippen LogP contribution in [0.4, 0.5) is 0 Å². The summed E-state index contributed by atoms with van der Waals surface area (Å²) in [6.07, 6.45) is 0.